The van der Waals surface area contributed by atoms with Crippen LogP contribution in [-0.2, 0) is 11.3 Å². The van der Waals surface area contributed by atoms with Crippen LogP contribution in [0.1, 0.15) is 37.9 Å². The first-order valence-corrected chi connectivity index (χ1v) is 5.58. The molecule has 0 amide bonds. The molecular formula is C10H18N4O. The van der Waals surface area contributed by atoms with Gasteiger partial charge in [-0.3, -0.25) is 0 Å². The third kappa shape index (κ3) is 2.18. The third-order valence-electron chi connectivity index (χ3n) is 2.79. The van der Waals surface area contributed by atoms with E-state index in [0.29, 0.717) is 0 Å². The van der Waals surface area contributed by atoms with Crippen molar-refractivity contribution >= 4 is 0 Å². The molecule has 2 atom stereocenters. The zero-order chi connectivity index (χ0) is 10.7. The average Bonchev–Trinajstić information content (AvgIpc) is 2.87. The van der Waals surface area contributed by atoms with Gasteiger partial charge in [-0.2, -0.15) is 0 Å². The van der Waals surface area contributed by atoms with Crippen LogP contribution < -0.4 is 5.73 Å². The molecule has 1 fully saturated rings. The number of aromatic nitrogens is 3. The van der Waals surface area contributed by atoms with Gasteiger partial charge in [-0.15, -0.1) is 5.10 Å². The van der Waals surface area contributed by atoms with Crippen LogP contribution in [0.2, 0.25) is 0 Å². The molecule has 0 radical (unpaired) electrons. The van der Waals surface area contributed by atoms with Crippen LogP contribution in [0.4, 0.5) is 0 Å². The number of nitrogens with zero attached hydrogens (tertiary/aromatic N) is 3. The first kappa shape index (κ1) is 10.6. The first-order valence-electron chi connectivity index (χ1n) is 5.58. The molecule has 2 N–H and O–H groups in total. The lowest BCUT2D eigenvalue weighted by molar-refractivity contribution is 0.0875. The van der Waals surface area contributed by atoms with Gasteiger partial charge in [0.1, 0.15) is 0 Å². The van der Waals surface area contributed by atoms with Gasteiger partial charge in [0.2, 0.25) is 0 Å². The summed E-state index contributed by atoms with van der Waals surface area (Å²) in [6.07, 6.45) is 5.07. The smallest absolute Gasteiger partial charge is 0.0784 e. The Morgan fingerprint density at radius 3 is 3.27 bits per heavy atom. The van der Waals surface area contributed by atoms with Gasteiger partial charge in [-0.25, -0.2) is 4.68 Å². The summed E-state index contributed by atoms with van der Waals surface area (Å²) in [6, 6.07) is -0.0888. The minimum atomic E-state index is -0.0888. The van der Waals surface area contributed by atoms with E-state index in [-0.39, 0.29) is 12.1 Å². The lowest BCUT2D eigenvalue weighted by Crippen LogP contribution is -2.28. The van der Waals surface area contributed by atoms with Crippen molar-refractivity contribution in [2.75, 3.05) is 6.61 Å². The van der Waals surface area contributed by atoms with E-state index >= 15 is 0 Å². The van der Waals surface area contributed by atoms with Gasteiger partial charge in [-0.05, 0) is 19.3 Å². The second kappa shape index (κ2) is 4.72. The summed E-state index contributed by atoms with van der Waals surface area (Å²) in [5.74, 6) is 0. The van der Waals surface area contributed by atoms with Crippen molar-refractivity contribution in [2.24, 2.45) is 5.73 Å². The molecule has 2 rings (SSSR count). The Morgan fingerprint density at radius 1 is 1.73 bits per heavy atom. The number of hydrogen-bond donors (Lipinski definition) is 1. The zero-order valence-electron chi connectivity index (χ0n) is 9.09. The molecule has 0 aliphatic carbocycles. The second-order valence-corrected chi connectivity index (χ2v) is 3.96. The zero-order valence-corrected chi connectivity index (χ0v) is 9.09. The molecule has 1 saturated heterocycles. The lowest BCUT2D eigenvalue weighted by Gasteiger charge is -2.18. The monoisotopic (exact) mass is 210 g/mol. The highest BCUT2D eigenvalue weighted by Gasteiger charge is 2.26. The van der Waals surface area contributed by atoms with E-state index in [0.717, 1.165) is 38.1 Å². The molecule has 0 bridgehead atoms. The summed E-state index contributed by atoms with van der Waals surface area (Å²) in [5, 5.41) is 7.94. The molecular weight excluding hydrogens is 192 g/mol. The van der Waals surface area contributed by atoms with Gasteiger partial charge < -0.3 is 10.5 Å². The van der Waals surface area contributed by atoms with Crippen molar-refractivity contribution in [2.45, 2.75) is 44.9 Å². The summed E-state index contributed by atoms with van der Waals surface area (Å²) in [4.78, 5) is 0. The maximum Gasteiger partial charge on any atom is 0.0784 e. The SMILES string of the molecule is CCCn1nncc1C(N)C1CCCO1. The van der Waals surface area contributed by atoms with E-state index in [1.807, 2.05) is 4.68 Å². The van der Waals surface area contributed by atoms with Gasteiger partial charge >= 0.3 is 0 Å². The summed E-state index contributed by atoms with van der Waals surface area (Å²) in [5.41, 5.74) is 7.14. The van der Waals surface area contributed by atoms with Crippen LogP contribution in [0, 0.1) is 0 Å². The topological polar surface area (TPSA) is 66.0 Å². The molecule has 2 unspecified atom stereocenters. The Balaban J connectivity index is 2.09. The molecule has 1 aliphatic rings. The maximum atomic E-state index is 6.15. The van der Waals surface area contributed by atoms with Gasteiger partial charge in [-0.1, -0.05) is 12.1 Å². The van der Waals surface area contributed by atoms with Crippen LogP contribution in [0.5, 0.6) is 0 Å². The minimum absolute atomic E-state index is 0.0888. The maximum absolute atomic E-state index is 6.15. The highest BCUT2D eigenvalue weighted by atomic mass is 16.5. The fourth-order valence-corrected chi connectivity index (χ4v) is 1.99. The average molecular weight is 210 g/mol. The molecule has 5 nitrogen and oxygen atoms in total. The van der Waals surface area contributed by atoms with Gasteiger partial charge in [0.05, 0.1) is 24.0 Å². The number of hydrogen-bond acceptors (Lipinski definition) is 4. The van der Waals surface area contributed by atoms with Crippen molar-refractivity contribution in [3.05, 3.63) is 11.9 Å². The molecule has 0 spiro atoms. The molecule has 5 heteroatoms. The van der Waals surface area contributed by atoms with Gasteiger partial charge in [0, 0.05) is 13.2 Å². The van der Waals surface area contributed by atoms with Crippen molar-refractivity contribution in [3.8, 4) is 0 Å². The van der Waals surface area contributed by atoms with Gasteiger partial charge in [0.25, 0.3) is 0 Å². The highest BCUT2D eigenvalue weighted by molar-refractivity contribution is 5.04. The minimum Gasteiger partial charge on any atom is -0.376 e. The lowest BCUT2D eigenvalue weighted by atomic mass is 10.1. The van der Waals surface area contributed by atoms with Gasteiger partial charge in [0.15, 0.2) is 0 Å². The molecule has 15 heavy (non-hydrogen) atoms. The van der Waals surface area contributed by atoms with Crippen LogP contribution in [0.25, 0.3) is 0 Å². The van der Waals surface area contributed by atoms with E-state index in [2.05, 4.69) is 17.2 Å². The number of nitrogens with two attached hydrogens (primary N) is 1. The molecule has 0 saturated carbocycles. The number of ether oxygens (including phenoxy) is 1. The van der Waals surface area contributed by atoms with E-state index < -0.39 is 0 Å². The van der Waals surface area contributed by atoms with Crippen molar-refractivity contribution < 1.29 is 4.74 Å². The van der Waals surface area contributed by atoms with E-state index in [1.165, 1.54) is 0 Å². The largest absolute Gasteiger partial charge is 0.376 e. The van der Waals surface area contributed by atoms with Crippen LogP contribution in [-0.4, -0.2) is 27.7 Å². The fraction of sp³-hybridized carbons (Fsp3) is 0.800. The normalized spacial score (nSPS) is 23.2. The Labute approximate surface area is 89.6 Å². The molecule has 1 aliphatic heterocycles. The first-order chi connectivity index (χ1) is 7.33. The number of aryl methyl sites for hydroxylation is 1. The summed E-state index contributed by atoms with van der Waals surface area (Å²) >= 11 is 0. The highest BCUT2D eigenvalue weighted by Crippen LogP contribution is 2.24. The molecule has 2 heterocycles. The Bertz CT molecular complexity index is 306. The number of rotatable bonds is 4. The van der Waals surface area contributed by atoms with Crippen molar-refractivity contribution in [3.63, 3.8) is 0 Å². The summed E-state index contributed by atoms with van der Waals surface area (Å²) < 4.78 is 7.46. The quantitative estimate of drug-likeness (QED) is 0.800. The van der Waals surface area contributed by atoms with E-state index in [9.17, 15) is 0 Å². The van der Waals surface area contributed by atoms with Crippen molar-refractivity contribution in [1.29, 1.82) is 0 Å². The summed E-state index contributed by atoms with van der Waals surface area (Å²) in [7, 11) is 0. The molecule has 84 valence electrons. The molecule has 1 aromatic heterocycles. The Hall–Kier alpha value is -0.940. The Morgan fingerprint density at radius 2 is 2.60 bits per heavy atom. The van der Waals surface area contributed by atoms with E-state index in [4.69, 9.17) is 10.5 Å². The fourth-order valence-electron chi connectivity index (χ4n) is 1.99. The second-order valence-electron chi connectivity index (χ2n) is 3.96. The predicted molar refractivity (Wildman–Crippen MR) is 56.2 cm³/mol. The Kier molecular flexibility index (Phi) is 3.33. The van der Waals surface area contributed by atoms with Crippen LogP contribution in [0.15, 0.2) is 6.20 Å². The predicted octanol–water partition coefficient (Wildman–Crippen LogP) is 0.867. The van der Waals surface area contributed by atoms with E-state index in [1.54, 1.807) is 6.20 Å². The summed E-state index contributed by atoms with van der Waals surface area (Å²) in [6.45, 7) is 3.81. The standard InChI is InChI=1S/C10H18N4O/c1-2-5-14-8(7-12-13-14)10(11)9-4-3-6-15-9/h7,9-10H,2-6,11H2,1H3. The third-order valence-corrected chi connectivity index (χ3v) is 2.79. The van der Waals surface area contributed by atoms with Crippen LogP contribution in [0.3, 0.4) is 0 Å². The van der Waals surface area contributed by atoms with Crippen molar-refractivity contribution in [1.82, 2.24) is 15.0 Å². The molecule has 0 aromatic carbocycles. The van der Waals surface area contributed by atoms with Crippen LogP contribution >= 0.6 is 0 Å². The molecule has 1 aromatic rings.